The van der Waals surface area contributed by atoms with Crippen molar-refractivity contribution in [3.05, 3.63) is 41.2 Å². The van der Waals surface area contributed by atoms with Gasteiger partial charge in [-0.05, 0) is 18.1 Å². The van der Waals surface area contributed by atoms with Gasteiger partial charge in [0.1, 0.15) is 12.3 Å². The van der Waals surface area contributed by atoms with Crippen LogP contribution in [0, 0.1) is 0 Å². The Balaban J connectivity index is 1.37. The van der Waals surface area contributed by atoms with E-state index in [4.69, 9.17) is 10.4 Å². The number of hydrogen-bond acceptors (Lipinski definition) is 8. The van der Waals surface area contributed by atoms with Crippen LogP contribution in [0.5, 0.6) is 5.75 Å². The predicted octanol–water partition coefficient (Wildman–Crippen LogP) is -2.10. The molecule has 0 unspecified atom stereocenters. The number of hydrogen-bond donors (Lipinski definition) is 4. The first kappa shape index (κ1) is 19.9. The van der Waals surface area contributed by atoms with Crippen LogP contribution in [0.2, 0.25) is 0 Å². The second-order valence-corrected chi connectivity index (χ2v) is 7.26. The molecule has 0 bridgehead atoms. The van der Waals surface area contributed by atoms with Gasteiger partial charge in [0.2, 0.25) is 5.91 Å². The van der Waals surface area contributed by atoms with Gasteiger partial charge in [0, 0.05) is 19.1 Å². The largest absolute Gasteiger partial charge is 0.547 e. The summed E-state index contributed by atoms with van der Waals surface area (Å²) in [6, 6.07) is 4.59. The molecule has 1 atom stereocenters. The number of para-hydroxylation sites is 1. The Hall–Kier alpha value is -3.45. The van der Waals surface area contributed by atoms with Crippen LogP contribution in [0.3, 0.4) is 0 Å². The minimum absolute atomic E-state index is 0.0318. The highest BCUT2D eigenvalue weighted by molar-refractivity contribution is 6.47. The first-order valence-corrected chi connectivity index (χ1v) is 9.26. The summed E-state index contributed by atoms with van der Waals surface area (Å²) >= 11 is 0. The summed E-state index contributed by atoms with van der Waals surface area (Å²) in [7, 11) is -1.41. The monoisotopic (exact) mass is 414 g/mol. The van der Waals surface area contributed by atoms with Gasteiger partial charge in [0.05, 0.1) is 17.7 Å². The molecule has 2 aliphatic rings. The number of carboxylic acids is 1. The lowest BCUT2D eigenvalue weighted by atomic mass is 9.72. The highest BCUT2D eigenvalue weighted by Crippen LogP contribution is 2.30. The lowest BCUT2D eigenvalue weighted by Gasteiger charge is -2.36. The van der Waals surface area contributed by atoms with Crippen LogP contribution in [-0.2, 0) is 17.8 Å². The number of nitrogens with two attached hydrogens (primary N) is 1. The molecular weight excluding hydrogens is 395 g/mol. The number of aromatic nitrogens is 3. The standard InChI is InChI=1S/C17H19BN6O6/c19-10-5-23(6-10)16(26)12-7-24(22-21-12)8-14(25)20-13-4-9-2-1-3-11(17(27)28)15(9)30-18(13)29/h1-3,7,10,13,29H,4-6,8,19H2,(H,20,25)(H,27,28)/t13-/m0/s1. The molecule has 13 heteroatoms. The normalized spacial score (nSPS) is 18.3. The molecule has 0 radical (unpaired) electrons. The minimum Gasteiger partial charge on any atom is -0.534 e. The zero-order chi connectivity index (χ0) is 21.4. The van der Waals surface area contributed by atoms with Gasteiger partial charge >= 0.3 is 13.1 Å². The Labute approximate surface area is 170 Å². The van der Waals surface area contributed by atoms with Crippen molar-refractivity contribution in [3.63, 3.8) is 0 Å². The summed E-state index contributed by atoms with van der Waals surface area (Å²) in [5.74, 6) is -2.63. The summed E-state index contributed by atoms with van der Waals surface area (Å²) < 4.78 is 6.56. The molecule has 0 saturated carbocycles. The first-order chi connectivity index (χ1) is 14.3. The fourth-order valence-electron chi connectivity index (χ4n) is 3.43. The van der Waals surface area contributed by atoms with Crippen LogP contribution < -0.4 is 15.7 Å². The predicted molar refractivity (Wildman–Crippen MR) is 102 cm³/mol. The van der Waals surface area contributed by atoms with E-state index in [1.54, 1.807) is 12.1 Å². The second kappa shape index (κ2) is 7.76. The third-order valence-corrected chi connectivity index (χ3v) is 4.96. The number of aromatic carboxylic acids is 1. The van der Waals surface area contributed by atoms with E-state index in [2.05, 4.69) is 15.6 Å². The molecule has 1 fully saturated rings. The minimum atomic E-state index is -1.41. The molecule has 3 heterocycles. The number of fused-ring (bicyclic) bond motifs is 1. The zero-order valence-electron chi connectivity index (χ0n) is 15.8. The van der Waals surface area contributed by atoms with Gasteiger partial charge in [-0.1, -0.05) is 17.3 Å². The highest BCUT2D eigenvalue weighted by atomic mass is 16.5. The molecule has 2 aliphatic heterocycles. The van der Waals surface area contributed by atoms with Crippen molar-refractivity contribution in [2.45, 2.75) is 24.9 Å². The Morgan fingerprint density at radius 1 is 1.33 bits per heavy atom. The van der Waals surface area contributed by atoms with E-state index in [-0.39, 0.29) is 41.9 Å². The Bertz CT molecular complexity index is 1010. The molecule has 2 aromatic rings. The molecule has 1 aromatic heterocycles. The van der Waals surface area contributed by atoms with Gasteiger partial charge < -0.3 is 30.7 Å². The van der Waals surface area contributed by atoms with Crippen molar-refractivity contribution in [3.8, 4) is 5.75 Å². The Kier molecular flexibility index (Phi) is 5.14. The lowest BCUT2D eigenvalue weighted by Crippen LogP contribution is -2.57. The van der Waals surface area contributed by atoms with Crippen molar-refractivity contribution in [2.75, 3.05) is 13.1 Å². The fourth-order valence-corrected chi connectivity index (χ4v) is 3.43. The molecule has 0 aliphatic carbocycles. The van der Waals surface area contributed by atoms with Crippen LogP contribution in [-0.4, -0.2) is 80.0 Å². The van der Waals surface area contributed by atoms with E-state index < -0.39 is 24.9 Å². The SMILES string of the molecule is NC1CN(C(=O)c2cn(CC(=O)N[C@H]3Cc4cccc(C(=O)O)c4OB3O)nn2)C1. The molecule has 0 spiro atoms. The van der Waals surface area contributed by atoms with E-state index >= 15 is 0 Å². The number of amides is 2. The molecule has 1 saturated heterocycles. The van der Waals surface area contributed by atoms with E-state index in [0.29, 0.717) is 18.7 Å². The van der Waals surface area contributed by atoms with E-state index in [9.17, 15) is 24.5 Å². The van der Waals surface area contributed by atoms with Gasteiger partial charge in [-0.2, -0.15) is 0 Å². The summed E-state index contributed by atoms with van der Waals surface area (Å²) in [4.78, 5) is 37.4. The van der Waals surface area contributed by atoms with Gasteiger partial charge in [-0.3, -0.25) is 9.59 Å². The maximum atomic E-state index is 12.4. The topological polar surface area (TPSA) is 173 Å². The number of likely N-dealkylation sites (tertiary alicyclic amines) is 1. The van der Waals surface area contributed by atoms with Crippen molar-refractivity contribution >= 4 is 24.9 Å². The second-order valence-electron chi connectivity index (χ2n) is 7.26. The van der Waals surface area contributed by atoms with E-state index in [1.165, 1.54) is 21.8 Å². The Morgan fingerprint density at radius 3 is 2.80 bits per heavy atom. The van der Waals surface area contributed by atoms with Crippen molar-refractivity contribution in [2.24, 2.45) is 5.73 Å². The van der Waals surface area contributed by atoms with Crippen LogP contribution >= 0.6 is 0 Å². The van der Waals surface area contributed by atoms with Gasteiger partial charge in [0.15, 0.2) is 5.69 Å². The van der Waals surface area contributed by atoms with Crippen LogP contribution in [0.15, 0.2) is 24.4 Å². The van der Waals surface area contributed by atoms with Crippen molar-refractivity contribution in [1.29, 1.82) is 0 Å². The molecule has 1 aromatic carbocycles. The third-order valence-electron chi connectivity index (χ3n) is 4.96. The maximum Gasteiger partial charge on any atom is 0.547 e. The molecule has 4 rings (SSSR count). The molecule has 156 valence electrons. The van der Waals surface area contributed by atoms with Crippen LogP contribution in [0.25, 0.3) is 0 Å². The zero-order valence-corrected chi connectivity index (χ0v) is 15.8. The smallest absolute Gasteiger partial charge is 0.534 e. The van der Waals surface area contributed by atoms with Gasteiger partial charge in [-0.15, -0.1) is 5.10 Å². The van der Waals surface area contributed by atoms with Crippen molar-refractivity contribution in [1.82, 2.24) is 25.2 Å². The van der Waals surface area contributed by atoms with Gasteiger partial charge in [0.25, 0.3) is 5.91 Å². The molecule has 30 heavy (non-hydrogen) atoms. The van der Waals surface area contributed by atoms with Crippen LogP contribution in [0.1, 0.15) is 26.4 Å². The maximum absolute atomic E-state index is 12.4. The Morgan fingerprint density at radius 2 is 2.10 bits per heavy atom. The average Bonchev–Trinajstić information content (AvgIpc) is 3.13. The molecule has 2 amide bonds. The number of nitrogens with zero attached hydrogens (tertiary/aromatic N) is 4. The highest BCUT2D eigenvalue weighted by Gasteiger charge is 2.38. The fraction of sp³-hybridized carbons (Fsp3) is 0.353. The summed E-state index contributed by atoms with van der Waals surface area (Å²) in [6.07, 6.45) is 1.56. The molecule has 12 nitrogen and oxygen atoms in total. The number of benzene rings is 1. The number of carboxylic acid groups (broad SMARTS) is 1. The number of carbonyl (C=O) groups excluding carboxylic acids is 2. The number of nitrogens with one attached hydrogen (secondary N) is 1. The lowest BCUT2D eigenvalue weighted by molar-refractivity contribution is -0.122. The van der Waals surface area contributed by atoms with Crippen molar-refractivity contribution < 1.29 is 29.2 Å². The summed E-state index contributed by atoms with van der Waals surface area (Å²) in [5, 5.41) is 29.6. The quantitative estimate of drug-likeness (QED) is 0.400. The third kappa shape index (κ3) is 3.84. The average molecular weight is 414 g/mol. The van der Waals surface area contributed by atoms with E-state index in [0.717, 1.165) is 0 Å². The van der Waals surface area contributed by atoms with Crippen LogP contribution in [0.4, 0.5) is 0 Å². The summed E-state index contributed by atoms with van der Waals surface area (Å²) in [6.45, 7) is 0.693. The number of carbonyl (C=O) groups is 3. The summed E-state index contributed by atoms with van der Waals surface area (Å²) in [5.41, 5.74) is 6.28. The number of rotatable bonds is 5. The molecule has 5 N–H and O–H groups in total. The van der Waals surface area contributed by atoms with E-state index in [1.807, 2.05) is 0 Å². The first-order valence-electron chi connectivity index (χ1n) is 9.26. The van der Waals surface area contributed by atoms with Gasteiger partial charge in [-0.25, -0.2) is 9.48 Å². The molecular formula is C17H19BN6O6.